The third-order valence-electron chi connectivity index (χ3n) is 3.04. The molecule has 0 radical (unpaired) electrons. The Kier molecular flexibility index (Phi) is 7.54. The lowest BCUT2D eigenvalue weighted by atomic mass is 9.83. The molecular formula is C14H29N. The SMILES string of the molecule is C=C(CC)NCCCC(C)(C)CCCC. The molecule has 0 aliphatic heterocycles. The fourth-order valence-corrected chi connectivity index (χ4v) is 1.74. The van der Waals surface area contributed by atoms with Crippen molar-refractivity contribution in [1.82, 2.24) is 5.32 Å². The summed E-state index contributed by atoms with van der Waals surface area (Å²) in [7, 11) is 0. The minimum atomic E-state index is 0.519. The van der Waals surface area contributed by atoms with Gasteiger partial charge in [0.1, 0.15) is 0 Å². The van der Waals surface area contributed by atoms with Gasteiger partial charge in [-0.2, -0.15) is 0 Å². The molecule has 1 nitrogen and oxygen atoms in total. The molecule has 0 saturated heterocycles. The largest absolute Gasteiger partial charge is 0.389 e. The number of rotatable bonds is 9. The van der Waals surface area contributed by atoms with Gasteiger partial charge in [-0.1, -0.05) is 47.1 Å². The molecule has 0 atom stereocenters. The van der Waals surface area contributed by atoms with Crippen LogP contribution in [0.15, 0.2) is 12.3 Å². The van der Waals surface area contributed by atoms with Gasteiger partial charge in [0.2, 0.25) is 0 Å². The maximum atomic E-state index is 3.95. The first kappa shape index (κ1) is 14.5. The van der Waals surface area contributed by atoms with Gasteiger partial charge in [0, 0.05) is 12.2 Å². The van der Waals surface area contributed by atoms with Crippen molar-refractivity contribution in [2.24, 2.45) is 5.41 Å². The van der Waals surface area contributed by atoms with Gasteiger partial charge < -0.3 is 5.32 Å². The van der Waals surface area contributed by atoms with Gasteiger partial charge in [-0.05, 0) is 31.1 Å². The van der Waals surface area contributed by atoms with Gasteiger partial charge in [-0.15, -0.1) is 0 Å². The number of unbranched alkanes of at least 4 members (excludes halogenated alkanes) is 1. The molecule has 1 heteroatoms. The summed E-state index contributed by atoms with van der Waals surface area (Å²) in [6, 6.07) is 0. The first-order valence-corrected chi connectivity index (χ1v) is 6.43. The van der Waals surface area contributed by atoms with Crippen molar-refractivity contribution in [3.8, 4) is 0 Å². The number of hydrogen-bond donors (Lipinski definition) is 1. The molecule has 90 valence electrons. The highest BCUT2D eigenvalue weighted by Gasteiger charge is 2.15. The van der Waals surface area contributed by atoms with Crippen LogP contribution in [0, 0.1) is 5.41 Å². The second-order valence-electron chi connectivity index (χ2n) is 5.26. The molecule has 0 bridgehead atoms. The molecule has 0 rings (SSSR count). The highest BCUT2D eigenvalue weighted by molar-refractivity contribution is 4.88. The molecule has 0 saturated carbocycles. The van der Waals surface area contributed by atoms with Gasteiger partial charge in [-0.25, -0.2) is 0 Å². The lowest BCUT2D eigenvalue weighted by Crippen LogP contribution is -2.17. The van der Waals surface area contributed by atoms with Crippen molar-refractivity contribution in [2.75, 3.05) is 6.54 Å². The van der Waals surface area contributed by atoms with Crippen LogP contribution in [0.2, 0.25) is 0 Å². The van der Waals surface area contributed by atoms with E-state index in [1.165, 1.54) is 37.8 Å². The Morgan fingerprint density at radius 2 is 1.73 bits per heavy atom. The Morgan fingerprint density at radius 1 is 1.13 bits per heavy atom. The van der Waals surface area contributed by atoms with E-state index in [-0.39, 0.29) is 0 Å². The van der Waals surface area contributed by atoms with Crippen molar-refractivity contribution in [3.05, 3.63) is 12.3 Å². The van der Waals surface area contributed by atoms with Crippen LogP contribution in [-0.2, 0) is 0 Å². The molecular weight excluding hydrogens is 182 g/mol. The van der Waals surface area contributed by atoms with Crippen LogP contribution in [0.1, 0.15) is 66.2 Å². The average Bonchev–Trinajstić information content (AvgIpc) is 2.21. The van der Waals surface area contributed by atoms with Crippen LogP contribution in [0.5, 0.6) is 0 Å². The summed E-state index contributed by atoms with van der Waals surface area (Å²) >= 11 is 0. The summed E-state index contributed by atoms with van der Waals surface area (Å²) in [5.74, 6) is 0. The number of hydrogen-bond acceptors (Lipinski definition) is 1. The van der Waals surface area contributed by atoms with Crippen molar-refractivity contribution in [1.29, 1.82) is 0 Å². The Hall–Kier alpha value is -0.460. The number of allylic oxidation sites excluding steroid dienone is 1. The molecule has 0 aromatic heterocycles. The van der Waals surface area contributed by atoms with E-state index in [2.05, 4.69) is 39.6 Å². The second kappa shape index (κ2) is 7.78. The Bertz CT molecular complexity index is 170. The standard InChI is InChI=1S/C14H29N/c1-6-8-10-14(4,5)11-9-12-15-13(3)7-2/h15H,3,6-12H2,1-2,4-5H3. The van der Waals surface area contributed by atoms with Crippen LogP contribution in [0.3, 0.4) is 0 Å². The smallest absolute Gasteiger partial charge is 0.0143 e. The minimum absolute atomic E-state index is 0.519. The van der Waals surface area contributed by atoms with Gasteiger partial charge in [0.25, 0.3) is 0 Å². The van der Waals surface area contributed by atoms with Gasteiger partial charge in [0.15, 0.2) is 0 Å². The molecule has 1 N–H and O–H groups in total. The van der Waals surface area contributed by atoms with Gasteiger partial charge in [0.05, 0.1) is 0 Å². The van der Waals surface area contributed by atoms with Crippen molar-refractivity contribution >= 4 is 0 Å². The van der Waals surface area contributed by atoms with Crippen molar-refractivity contribution in [2.45, 2.75) is 66.2 Å². The van der Waals surface area contributed by atoms with Crippen LogP contribution in [0.4, 0.5) is 0 Å². The predicted octanol–water partition coefficient (Wildman–Crippen LogP) is 4.50. The quantitative estimate of drug-likeness (QED) is 0.554. The van der Waals surface area contributed by atoms with Crippen molar-refractivity contribution in [3.63, 3.8) is 0 Å². The van der Waals surface area contributed by atoms with Crippen molar-refractivity contribution < 1.29 is 0 Å². The molecule has 0 aliphatic carbocycles. The molecule has 0 spiro atoms. The molecule has 0 heterocycles. The van der Waals surface area contributed by atoms with Crippen LogP contribution < -0.4 is 5.32 Å². The highest BCUT2D eigenvalue weighted by atomic mass is 14.9. The van der Waals surface area contributed by atoms with Crippen LogP contribution >= 0.6 is 0 Å². The molecule has 0 aromatic carbocycles. The second-order valence-corrected chi connectivity index (χ2v) is 5.26. The monoisotopic (exact) mass is 211 g/mol. The minimum Gasteiger partial charge on any atom is -0.389 e. The van der Waals surface area contributed by atoms with Crippen LogP contribution in [-0.4, -0.2) is 6.54 Å². The van der Waals surface area contributed by atoms with E-state index in [0.29, 0.717) is 5.41 Å². The summed E-state index contributed by atoms with van der Waals surface area (Å²) in [6.07, 6.45) is 7.65. The van der Waals surface area contributed by atoms with E-state index in [1.54, 1.807) is 0 Å². The third-order valence-corrected chi connectivity index (χ3v) is 3.04. The maximum Gasteiger partial charge on any atom is 0.0143 e. The van der Waals surface area contributed by atoms with Gasteiger partial charge >= 0.3 is 0 Å². The summed E-state index contributed by atoms with van der Waals surface area (Å²) in [6.45, 7) is 14.2. The Labute approximate surface area is 96.3 Å². The fourth-order valence-electron chi connectivity index (χ4n) is 1.74. The summed E-state index contributed by atoms with van der Waals surface area (Å²) < 4.78 is 0. The molecule has 0 amide bonds. The van der Waals surface area contributed by atoms with E-state index in [4.69, 9.17) is 0 Å². The summed E-state index contributed by atoms with van der Waals surface area (Å²) in [5.41, 5.74) is 1.69. The first-order chi connectivity index (χ1) is 7.02. The number of nitrogens with one attached hydrogen (secondary N) is 1. The zero-order valence-corrected chi connectivity index (χ0v) is 11.2. The lowest BCUT2D eigenvalue weighted by Gasteiger charge is -2.24. The Balaban J connectivity index is 3.52. The third kappa shape index (κ3) is 8.53. The molecule has 0 aliphatic rings. The lowest BCUT2D eigenvalue weighted by molar-refractivity contribution is 0.289. The zero-order valence-electron chi connectivity index (χ0n) is 11.2. The molecule has 15 heavy (non-hydrogen) atoms. The highest BCUT2D eigenvalue weighted by Crippen LogP contribution is 2.28. The topological polar surface area (TPSA) is 12.0 Å². The predicted molar refractivity (Wildman–Crippen MR) is 70.0 cm³/mol. The van der Waals surface area contributed by atoms with E-state index < -0.39 is 0 Å². The zero-order chi connectivity index (χ0) is 11.7. The molecule has 0 aromatic rings. The van der Waals surface area contributed by atoms with Crippen LogP contribution in [0.25, 0.3) is 0 Å². The van der Waals surface area contributed by atoms with E-state index >= 15 is 0 Å². The summed E-state index contributed by atoms with van der Waals surface area (Å²) in [5, 5.41) is 3.37. The fraction of sp³-hybridized carbons (Fsp3) is 0.857. The van der Waals surface area contributed by atoms with E-state index in [0.717, 1.165) is 13.0 Å². The Morgan fingerprint density at radius 3 is 2.27 bits per heavy atom. The van der Waals surface area contributed by atoms with E-state index in [9.17, 15) is 0 Å². The molecule has 0 fully saturated rings. The molecule has 0 unspecified atom stereocenters. The maximum absolute atomic E-state index is 3.95. The normalized spacial score (nSPS) is 11.5. The average molecular weight is 211 g/mol. The van der Waals surface area contributed by atoms with Gasteiger partial charge in [-0.3, -0.25) is 0 Å². The summed E-state index contributed by atoms with van der Waals surface area (Å²) in [4.78, 5) is 0. The first-order valence-electron chi connectivity index (χ1n) is 6.43. The van der Waals surface area contributed by atoms with E-state index in [1.807, 2.05) is 0 Å².